The predicted octanol–water partition coefficient (Wildman–Crippen LogP) is 3.28. The van der Waals surface area contributed by atoms with Crippen LogP contribution in [0.2, 0.25) is 5.02 Å². The van der Waals surface area contributed by atoms with Crippen LogP contribution in [0.1, 0.15) is 30.3 Å². The van der Waals surface area contributed by atoms with E-state index in [-0.39, 0.29) is 5.91 Å². The first-order valence-electron chi connectivity index (χ1n) is 5.59. The lowest BCUT2D eigenvalue weighted by Crippen LogP contribution is -2.25. The molecule has 0 aliphatic rings. The lowest BCUT2D eigenvalue weighted by molar-refractivity contribution is 0.0947. The van der Waals surface area contributed by atoms with Crippen LogP contribution >= 0.6 is 27.5 Å². The van der Waals surface area contributed by atoms with E-state index in [1.807, 2.05) is 0 Å². The summed E-state index contributed by atoms with van der Waals surface area (Å²) in [5, 5.41) is 4.37. The van der Waals surface area contributed by atoms with Crippen molar-refractivity contribution in [2.24, 2.45) is 5.92 Å². The van der Waals surface area contributed by atoms with E-state index in [0.29, 0.717) is 23.2 Å². The maximum atomic E-state index is 11.6. The second-order valence-electron chi connectivity index (χ2n) is 4.02. The maximum absolute atomic E-state index is 11.6. The number of amides is 1. The van der Waals surface area contributed by atoms with E-state index in [1.165, 1.54) is 6.20 Å². The molecule has 0 fully saturated rings. The van der Waals surface area contributed by atoms with Crippen molar-refractivity contribution in [3.8, 4) is 0 Å². The summed E-state index contributed by atoms with van der Waals surface area (Å²) < 4.78 is 0. The molecule has 1 amide bonds. The molecule has 0 bridgehead atoms. The number of hydrogen-bond acceptors (Lipinski definition) is 2. The molecule has 0 saturated heterocycles. The summed E-state index contributed by atoms with van der Waals surface area (Å²) in [7, 11) is 0. The zero-order chi connectivity index (χ0) is 12.7. The fourth-order valence-electron chi connectivity index (χ4n) is 1.33. The Morgan fingerprint density at radius 3 is 2.94 bits per heavy atom. The molecule has 0 radical (unpaired) electrons. The van der Waals surface area contributed by atoms with Gasteiger partial charge in [0.25, 0.3) is 5.91 Å². The van der Waals surface area contributed by atoms with Crippen LogP contribution in [0.3, 0.4) is 0 Å². The molecule has 1 aromatic heterocycles. The summed E-state index contributed by atoms with van der Waals surface area (Å²) in [6, 6.07) is 3.29. The van der Waals surface area contributed by atoms with E-state index in [2.05, 4.69) is 33.2 Å². The smallest absolute Gasteiger partial charge is 0.269 e. The van der Waals surface area contributed by atoms with Crippen molar-refractivity contribution in [3.05, 3.63) is 29.0 Å². The molecule has 0 aliphatic carbocycles. The van der Waals surface area contributed by atoms with Crippen LogP contribution in [0.5, 0.6) is 0 Å². The fourth-order valence-corrected chi connectivity index (χ4v) is 1.77. The number of alkyl halides is 1. The number of carbonyl (C=O) groups is 1. The van der Waals surface area contributed by atoms with Gasteiger partial charge in [0.05, 0.1) is 5.02 Å². The van der Waals surface area contributed by atoms with Gasteiger partial charge in [0.1, 0.15) is 5.69 Å². The van der Waals surface area contributed by atoms with Crippen LogP contribution in [-0.4, -0.2) is 22.8 Å². The molecule has 3 nitrogen and oxygen atoms in total. The Labute approximate surface area is 115 Å². The highest BCUT2D eigenvalue weighted by Gasteiger charge is 2.06. The van der Waals surface area contributed by atoms with Crippen molar-refractivity contribution in [2.45, 2.75) is 19.8 Å². The first kappa shape index (κ1) is 14.5. The van der Waals surface area contributed by atoms with Gasteiger partial charge in [0.15, 0.2) is 0 Å². The Balaban J connectivity index is 2.28. The first-order valence-corrected chi connectivity index (χ1v) is 7.09. The van der Waals surface area contributed by atoms with Crippen molar-refractivity contribution in [1.29, 1.82) is 0 Å². The molecule has 1 aromatic rings. The molecule has 1 heterocycles. The van der Waals surface area contributed by atoms with E-state index in [1.54, 1.807) is 12.1 Å². The van der Waals surface area contributed by atoms with Gasteiger partial charge >= 0.3 is 0 Å². The second kappa shape index (κ2) is 7.67. The highest BCUT2D eigenvalue weighted by Crippen LogP contribution is 2.08. The Morgan fingerprint density at radius 1 is 1.59 bits per heavy atom. The SMILES string of the molecule is CC(CBr)CCCNC(=O)c1ccc(Cl)cn1. The normalized spacial score (nSPS) is 12.2. The van der Waals surface area contributed by atoms with Crippen molar-refractivity contribution < 1.29 is 4.79 Å². The lowest BCUT2D eigenvalue weighted by atomic mass is 10.1. The molecule has 94 valence electrons. The average Bonchev–Trinajstić information content (AvgIpc) is 2.34. The minimum atomic E-state index is -0.145. The largest absolute Gasteiger partial charge is 0.351 e. The molecule has 5 heteroatoms. The molecule has 1 atom stereocenters. The molecule has 0 spiro atoms. The van der Waals surface area contributed by atoms with Crippen LogP contribution in [0.15, 0.2) is 18.3 Å². The van der Waals surface area contributed by atoms with E-state index in [0.717, 1.165) is 18.2 Å². The minimum Gasteiger partial charge on any atom is -0.351 e. The third-order valence-corrected chi connectivity index (χ3v) is 3.71. The third kappa shape index (κ3) is 5.50. The molecule has 17 heavy (non-hydrogen) atoms. The van der Waals surface area contributed by atoms with E-state index in [4.69, 9.17) is 11.6 Å². The average molecular weight is 320 g/mol. The van der Waals surface area contributed by atoms with Crippen LogP contribution in [0.4, 0.5) is 0 Å². The predicted molar refractivity (Wildman–Crippen MR) is 73.8 cm³/mol. The summed E-state index contributed by atoms with van der Waals surface area (Å²) in [4.78, 5) is 15.6. The first-order chi connectivity index (χ1) is 8.13. The second-order valence-corrected chi connectivity index (χ2v) is 5.10. The number of hydrogen-bond donors (Lipinski definition) is 1. The standard InChI is InChI=1S/C12H16BrClN2O/c1-9(7-13)3-2-6-15-12(17)11-5-4-10(14)8-16-11/h4-5,8-9H,2-3,6-7H2,1H3,(H,15,17). The van der Waals surface area contributed by atoms with Crippen LogP contribution in [0.25, 0.3) is 0 Å². The van der Waals surface area contributed by atoms with Gasteiger partial charge in [-0.25, -0.2) is 4.98 Å². The number of carbonyl (C=O) groups excluding carboxylic acids is 1. The van der Waals surface area contributed by atoms with Gasteiger partial charge < -0.3 is 5.32 Å². The van der Waals surface area contributed by atoms with Gasteiger partial charge in [-0.2, -0.15) is 0 Å². The van der Waals surface area contributed by atoms with Crippen molar-refractivity contribution in [2.75, 3.05) is 11.9 Å². The summed E-state index contributed by atoms with van der Waals surface area (Å²) in [6.45, 7) is 2.86. The highest BCUT2D eigenvalue weighted by atomic mass is 79.9. The monoisotopic (exact) mass is 318 g/mol. The van der Waals surface area contributed by atoms with Gasteiger partial charge in [-0.15, -0.1) is 0 Å². The van der Waals surface area contributed by atoms with Gasteiger partial charge in [-0.3, -0.25) is 4.79 Å². The van der Waals surface area contributed by atoms with E-state index in [9.17, 15) is 4.79 Å². The zero-order valence-electron chi connectivity index (χ0n) is 9.75. The Kier molecular flexibility index (Phi) is 6.52. The summed E-state index contributed by atoms with van der Waals surface area (Å²) in [6.07, 6.45) is 3.55. The number of rotatable bonds is 6. The minimum absolute atomic E-state index is 0.145. The highest BCUT2D eigenvalue weighted by molar-refractivity contribution is 9.09. The zero-order valence-corrected chi connectivity index (χ0v) is 12.1. The molecule has 0 saturated carbocycles. The van der Waals surface area contributed by atoms with Gasteiger partial charge in [-0.05, 0) is 30.9 Å². The summed E-state index contributed by atoms with van der Waals surface area (Å²) >= 11 is 9.12. The number of nitrogens with one attached hydrogen (secondary N) is 1. The lowest BCUT2D eigenvalue weighted by Gasteiger charge is -2.08. The van der Waals surface area contributed by atoms with Crippen molar-refractivity contribution >= 4 is 33.4 Å². The quantitative estimate of drug-likeness (QED) is 0.646. The van der Waals surface area contributed by atoms with Crippen molar-refractivity contribution in [3.63, 3.8) is 0 Å². The molecule has 1 N–H and O–H groups in total. The van der Waals surface area contributed by atoms with Gasteiger partial charge in [0.2, 0.25) is 0 Å². The number of aromatic nitrogens is 1. The molecular formula is C12H16BrClN2O. The number of pyridine rings is 1. The van der Waals surface area contributed by atoms with E-state index < -0.39 is 0 Å². The summed E-state index contributed by atoms with van der Waals surface area (Å²) in [5.41, 5.74) is 0.405. The fraction of sp³-hybridized carbons (Fsp3) is 0.500. The maximum Gasteiger partial charge on any atom is 0.269 e. The molecule has 0 aliphatic heterocycles. The third-order valence-electron chi connectivity index (χ3n) is 2.38. The van der Waals surface area contributed by atoms with E-state index >= 15 is 0 Å². The Bertz CT molecular complexity index is 356. The van der Waals surface area contributed by atoms with Gasteiger partial charge in [0, 0.05) is 18.1 Å². The Hall–Kier alpha value is -0.610. The Morgan fingerprint density at radius 2 is 2.35 bits per heavy atom. The van der Waals surface area contributed by atoms with Crippen LogP contribution < -0.4 is 5.32 Å². The topological polar surface area (TPSA) is 42.0 Å². The van der Waals surface area contributed by atoms with Crippen LogP contribution in [-0.2, 0) is 0 Å². The molecule has 1 unspecified atom stereocenters. The molecular weight excluding hydrogens is 304 g/mol. The molecule has 1 rings (SSSR count). The summed E-state index contributed by atoms with van der Waals surface area (Å²) in [5.74, 6) is 0.494. The number of halogens is 2. The van der Waals surface area contributed by atoms with Crippen LogP contribution in [0, 0.1) is 5.92 Å². The van der Waals surface area contributed by atoms with Gasteiger partial charge in [-0.1, -0.05) is 34.5 Å². The number of nitrogens with zero attached hydrogens (tertiary/aromatic N) is 1. The van der Waals surface area contributed by atoms with Crippen molar-refractivity contribution in [1.82, 2.24) is 10.3 Å². The molecule has 0 aromatic carbocycles.